The Hall–Kier alpha value is -0.610. The normalized spacial score (nSPS) is 35.3. The molecule has 72 valence electrons. The van der Waals surface area contributed by atoms with Crippen LogP contribution in [0.5, 0.6) is 0 Å². The van der Waals surface area contributed by atoms with E-state index in [0.29, 0.717) is 0 Å². The van der Waals surface area contributed by atoms with Crippen molar-refractivity contribution < 1.29 is 9.90 Å². The van der Waals surface area contributed by atoms with Crippen LogP contribution in [0.4, 0.5) is 0 Å². The van der Waals surface area contributed by atoms with Crippen LogP contribution in [0.3, 0.4) is 0 Å². The highest BCUT2D eigenvalue weighted by molar-refractivity contribution is 5.74. The maximum Gasteiger partial charge on any atom is 0.309 e. The monoisotopic (exact) mass is 174 g/mol. The van der Waals surface area contributed by atoms with Gasteiger partial charge in [-0.3, -0.25) is 4.79 Å². The lowest BCUT2D eigenvalue weighted by Crippen LogP contribution is -2.37. The molecular weight excluding hydrogens is 156 g/mol. The predicted octanol–water partition coefficient (Wildman–Crippen LogP) is 1.14. The minimum absolute atomic E-state index is 0. The smallest absolute Gasteiger partial charge is 0.309 e. The number of hydrogen-bond donors (Lipinski definition) is 3. The van der Waals surface area contributed by atoms with E-state index in [4.69, 9.17) is 10.8 Å². The second kappa shape index (κ2) is 3.87. The molecular formula is C8H18N2O2. The number of aliphatic carboxylic acids is 1. The van der Waals surface area contributed by atoms with Crippen LogP contribution in [0.1, 0.15) is 32.6 Å². The summed E-state index contributed by atoms with van der Waals surface area (Å²) in [5.74, 6) is -0.676. The Morgan fingerprint density at radius 3 is 2.25 bits per heavy atom. The molecule has 0 radical (unpaired) electrons. The van der Waals surface area contributed by atoms with Gasteiger partial charge >= 0.3 is 5.97 Å². The quantitative estimate of drug-likeness (QED) is 0.555. The van der Waals surface area contributed by atoms with E-state index in [9.17, 15) is 4.79 Å². The Bertz CT molecular complexity index is 162. The van der Waals surface area contributed by atoms with Crippen molar-refractivity contribution in [3.63, 3.8) is 0 Å². The van der Waals surface area contributed by atoms with Gasteiger partial charge in [0, 0.05) is 6.04 Å². The van der Waals surface area contributed by atoms with E-state index < -0.39 is 11.4 Å². The average molecular weight is 174 g/mol. The van der Waals surface area contributed by atoms with E-state index in [-0.39, 0.29) is 12.2 Å². The van der Waals surface area contributed by atoms with Gasteiger partial charge in [0.05, 0.1) is 5.41 Å². The van der Waals surface area contributed by atoms with Crippen molar-refractivity contribution in [2.24, 2.45) is 11.1 Å². The topological polar surface area (TPSA) is 98.3 Å². The van der Waals surface area contributed by atoms with Crippen molar-refractivity contribution in [1.82, 2.24) is 6.15 Å². The van der Waals surface area contributed by atoms with Crippen LogP contribution in [0.2, 0.25) is 0 Å². The molecule has 4 heteroatoms. The molecule has 0 saturated heterocycles. The number of hydrogen-bond acceptors (Lipinski definition) is 3. The Labute approximate surface area is 72.7 Å². The van der Waals surface area contributed by atoms with E-state index in [1.807, 2.05) is 0 Å². The summed E-state index contributed by atoms with van der Waals surface area (Å²) in [5, 5.41) is 8.84. The zero-order valence-corrected chi connectivity index (χ0v) is 7.55. The minimum Gasteiger partial charge on any atom is -0.481 e. The summed E-state index contributed by atoms with van der Waals surface area (Å²) in [7, 11) is 0. The summed E-state index contributed by atoms with van der Waals surface area (Å²) >= 11 is 0. The summed E-state index contributed by atoms with van der Waals surface area (Å²) in [6, 6.07) is 0.224. The van der Waals surface area contributed by atoms with Crippen molar-refractivity contribution in [3.05, 3.63) is 0 Å². The lowest BCUT2D eigenvalue weighted by Gasteiger charge is -2.31. The number of carbonyl (C=O) groups is 1. The van der Waals surface area contributed by atoms with Crippen LogP contribution in [0, 0.1) is 5.41 Å². The molecule has 1 rings (SSSR count). The molecule has 1 aliphatic carbocycles. The lowest BCUT2D eigenvalue weighted by atomic mass is 9.74. The van der Waals surface area contributed by atoms with Crippen molar-refractivity contribution in [2.45, 2.75) is 38.6 Å². The molecule has 0 atom stereocenters. The molecule has 1 fully saturated rings. The number of rotatable bonds is 1. The third-order valence-electron chi connectivity index (χ3n) is 2.65. The molecule has 0 amide bonds. The van der Waals surface area contributed by atoms with Crippen LogP contribution < -0.4 is 11.9 Å². The Morgan fingerprint density at radius 1 is 1.50 bits per heavy atom. The maximum atomic E-state index is 10.7. The summed E-state index contributed by atoms with van der Waals surface area (Å²) < 4.78 is 0. The van der Waals surface area contributed by atoms with Gasteiger partial charge in [0.2, 0.25) is 0 Å². The van der Waals surface area contributed by atoms with Crippen molar-refractivity contribution >= 4 is 5.97 Å². The van der Waals surface area contributed by atoms with E-state index >= 15 is 0 Å². The molecule has 4 nitrogen and oxygen atoms in total. The second-order valence-corrected chi connectivity index (χ2v) is 3.70. The molecule has 0 unspecified atom stereocenters. The van der Waals surface area contributed by atoms with Gasteiger partial charge in [-0.1, -0.05) is 0 Å². The first-order valence-electron chi connectivity index (χ1n) is 4.03. The molecule has 0 aromatic rings. The fourth-order valence-corrected chi connectivity index (χ4v) is 1.49. The minimum atomic E-state index is -0.676. The first kappa shape index (κ1) is 11.4. The summed E-state index contributed by atoms with van der Waals surface area (Å²) in [4.78, 5) is 10.7. The van der Waals surface area contributed by atoms with E-state index in [1.165, 1.54) is 0 Å². The fraction of sp³-hybridized carbons (Fsp3) is 0.875. The van der Waals surface area contributed by atoms with Gasteiger partial charge in [-0.15, -0.1) is 0 Å². The van der Waals surface area contributed by atoms with Crippen LogP contribution in [-0.2, 0) is 4.79 Å². The molecule has 0 heterocycles. The molecule has 1 aliphatic rings. The van der Waals surface area contributed by atoms with Crippen LogP contribution in [0.25, 0.3) is 0 Å². The molecule has 0 bridgehead atoms. The van der Waals surface area contributed by atoms with E-state index in [0.717, 1.165) is 25.7 Å². The van der Waals surface area contributed by atoms with Crippen LogP contribution in [0.15, 0.2) is 0 Å². The highest BCUT2D eigenvalue weighted by atomic mass is 16.4. The summed E-state index contributed by atoms with van der Waals surface area (Å²) in [6.45, 7) is 1.81. The number of carboxylic acids is 1. The van der Waals surface area contributed by atoms with Crippen LogP contribution in [-0.4, -0.2) is 17.1 Å². The van der Waals surface area contributed by atoms with E-state index in [2.05, 4.69) is 0 Å². The van der Waals surface area contributed by atoms with Gasteiger partial charge in [-0.2, -0.15) is 0 Å². The Balaban J connectivity index is 0.00000121. The predicted molar refractivity (Wildman–Crippen MR) is 47.2 cm³/mol. The first-order chi connectivity index (χ1) is 5.04. The fourth-order valence-electron chi connectivity index (χ4n) is 1.49. The van der Waals surface area contributed by atoms with E-state index in [1.54, 1.807) is 6.92 Å². The molecule has 0 spiro atoms. The summed E-state index contributed by atoms with van der Waals surface area (Å²) in [5.41, 5.74) is 5.16. The third-order valence-corrected chi connectivity index (χ3v) is 2.65. The van der Waals surface area contributed by atoms with Crippen LogP contribution >= 0.6 is 0 Å². The second-order valence-electron chi connectivity index (χ2n) is 3.70. The Morgan fingerprint density at radius 2 is 1.92 bits per heavy atom. The summed E-state index contributed by atoms with van der Waals surface area (Å²) in [6.07, 6.45) is 3.15. The highest BCUT2D eigenvalue weighted by Crippen LogP contribution is 2.35. The Kier molecular flexibility index (Phi) is 3.67. The van der Waals surface area contributed by atoms with Gasteiger partial charge < -0.3 is 17.0 Å². The maximum absolute atomic E-state index is 10.7. The molecule has 6 N–H and O–H groups in total. The van der Waals surface area contributed by atoms with Gasteiger partial charge in [-0.25, -0.2) is 0 Å². The van der Waals surface area contributed by atoms with Gasteiger partial charge in [-0.05, 0) is 32.6 Å². The average Bonchev–Trinajstić information content (AvgIpc) is 1.95. The van der Waals surface area contributed by atoms with Gasteiger partial charge in [0.25, 0.3) is 0 Å². The lowest BCUT2D eigenvalue weighted by molar-refractivity contribution is -0.149. The zero-order valence-electron chi connectivity index (χ0n) is 7.55. The standard InChI is InChI=1S/C8H15NO2.H3N/c1-8(7(10)11)4-2-6(9)3-5-8;/h6H,2-5,9H2,1H3,(H,10,11);1H3. The largest absolute Gasteiger partial charge is 0.481 e. The van der Waals surface area contributed by atoms with Gasteiger partial charge in [0.15, 0.2) is 0 Å². The first-order valence-corrected chi connectivity index (χ1v) is 4.03. The van der Waals surface area contributed by atoms with Crippen molar-refractivity contribution in [1.29, 1.82) is 0 Å². The van der Waals surface area contributed by atoms with Gasteiger partial charge in [0.1, 0.15) is 0 Å². The zero-order chi connectivity index (χ0) is 8.48. The molecule has 0 aromatic heterocycles. The molecule has 1 saturated carbocycles. The van der Waals surface area contributed by atoms with Crippen molar-refractivity contribution in [2.75, 3.05) is 0 Å². The SMILES string of the molecule is CC1(C(=O)O)CCC(N)CC1.N. The molecule has 12 heavy (non-hydrogen) atoms. The molecule has 0 aromatic carbocycles. The van der Waals surface area contributed by atoms with Crippen molar-refractivity contribution in [3.8, 4) is 0 Å². The number of carboxylic acid groups (broad SMARTS) is 1. The highest BCUT2D eigenvalue weighted by Gasteiger charge is 2.36. The number of nitrogens with two attached hydrogens (primary N) is 1. The molecule has 0 aliphatic heterocycles. The third kappa shape index (κ3) is 2.19.